The summed E-state index contributed by atoms with van der Waals surface area (Å²) in [5.41, 5.74) is 1.58. The van der Waals surface area contributed by atoms with Crippen LogP contribution in [0.4, 0.5) is 0 Å². The van der Waals surface area contributed by atoms with Gasteiger partial charge in [-0.15, -0.1) is 0 Å². The molecule has 0 amide bonds. The lowest BCUT2D eigenvalue weighted by atomic mass is 10.1. The van der Waals surface area contributed by atoms with E-state index in [1.54, 1.807) is 19.1 Å². The summed E-state index contributed by atoms with van der Waals surface area (Å²) in [7, 11) is 0. The van der Waals surface area contributed by atoms with E-state index < -0.39 is 6.10 Å². The molecule has 2 rings (SSSR count). The van der Waals surface area contributed by atoms with Crippen molar-refractivity contribution in [3.63, 3.8) is 0 Å². The number of carbonyl (C=O) groups excluding carboxylic acids is 1. The number of benzene rings is 1. The summed E-state index contributed by atoms with van der Waals surface area (Å²) in [6, 6.07) is 7.21. The molecule has 1 N–H and O–H groups in total. The van der Waals surface area contributed by atoms with E-state index in [0.29, 0.717) is 31.1 Å². The number of carbonyl (C=O) groups is 1. The monoisotopic (exact) mass is 309 g/mol. The molecule has 1 aliphatic heterocycles. The molecule has 114 valence electrons. The predicted octanol–water partition coefficient (Wildman–Crippen LogP) is 2.57. The summed E-state index contributed by atoms with van der Waals surface area (Å²) in [5, 5.41) is 10.9. The lowest BCUT2D eigenvalue weighted by molar-refractivity contribution is -0.138. The Morgan fingerprint density at radius 1 is 1.43 bits per heavy atom. The number of hydrogen-bond donors (Lipinski definition) is 1. The van der Waals surface area contributed by atoms with Gasteiger partial charge in [-0.1, -0.05) is 29.8 Å². The zero-order valence-corrected chi connectivity index (χ0v) is 12.8. The molecule has 0 fully saturated rings. The van der Waals surface area contributed by atoms with Gasteiger partial charge in [-0.2, -0.15) is 0 Å². The molecule has 21 heavy (non-hydrogen) atoms. The highest BCUT2D eigenvalue weighted by atomic mass is 35.5. The van der Waals surface area contributed by atoms with E-state index in [9.17, 15) is 9.90 Å². The minimum absolute atomic E-state index is 0.226. The Hall–Kier alpha value is -1.36. The maximum atomic E-state index is 11.6. The summed E-state index contributed by atoms with van der Waals surface area (Å²) in [6.07, 6.45) is 1.99. The Balaban J connectivity index is 1.88. The van der Waals surface area contributed by atoms with Gasteiger partial charge in [-0.25, -0.2) is 4.79 Å². The van der Waals surface area contributed by atoms with Crippen molar-refractivity contribution in [1.29, 1.82) is 0 Å². The molecule has 1 aromatic rings. The molecule has 0 saturated carbocycles. The van der Waals surface area contributed by atoms with Gasteiger partial charge in [-0.3, -0.25) is 4.90 Å². The smallest absolute Gasteiger partial charge is 0.333 e. The van der Waals surface area contributed by atoms with E-state index in [4.69, 9.17) is 16.3 Å². The molecule has 1 unspecified atom stereocenters. The molecule has 1 heterocycles. The van der Waals surface area contributed by atoms with Crippen LogP contribution in [0.1, 0.15) is 25.0 Å². The Kier molecular flexibility index (Phi) is 5.79. The summed E-state index contributed by atoms with van der Waals surface area (Å²) >= 11 is 5.84. The van der Waals surface area contributed by atoms with Crippen molar-refractivity contribution in [2.45, 2.75) is 19.4 Å². The first kappa shape index (κ1) is 16.0. The average Bonchev–Trinajstić information content (AvgIpc) is 2.49. The molecule has 0 saturated heterocycles. The van der Waals surface area contributed by atoms with Gasteiger partial charge in [0.05, 0.1) is 12.7 Å². The largest absolute Gasteiger partial charge is 0.463 e. The Morgan fingerprint density at radius 2 is 2.14 bits per heavy atom. The Bertz CT molecular complexity index is 513. The lowest BCUT2D eigenvalue weighted by Gasteiger charge is -2.27. The highest BCUT2D eigenvalue weighted by molar-refractivity contribution is 6.30. The molecule has 0 spiro atoms. The lowest BCUT2D eigenvalue weighted by Crippen LogP contribution is -2.34. The summed E-state index contributed by atoms with van der Waals surface area (Å²) in [4.78, 5) is 13.7. The second kappa shape index (κ2) is 7.59. The molecular weight excluding hydrogens is 290 g/mol. The molecular formula is C16H20ClNO3. The van der Waals surface area contributed by atoms with Gasteiger partial charge < -0.3 is 9.84 Å². The van der Waals surface area contributed by atoms with Crippen molar-refractivity contribution in [2.24, 2.45) is 0 Å². The van der Waals surface area contributed by atoms with Crippen molar-refractivity contribution in [2.75, 3.05) is 26.2 Å². The molecule has 5 heteroatoms. The predicted molar refractivity (Wildman–Crippen MR) is 82.2 cm³/mol. The standard InChI is InChI=1S/C16H20ClNO3/c1-2-21-16(20)13-7-9-18(10-8-13)11-15(19)12-3-5-14(17)6-4-12/h3-7,15,19H,2,8-11H2,1H3. The second-order valence-electron chi connectivity index (χ2n) is 5.03. The maximum Gasteiger partial charge on any atom is 0.333 e. The first-order valence-corrected chi connectivity index (χ1v) is 7.50. The SMILES string of the molecule is CCOC(=O)C1=CCN(CC(O)c2ccc(Cl)cc2)CC1. The van der Waals surface area contributed by atoms with Crippen LogP contribution in [0.2, 0.25) is 5.02 Å². The van der Waals surface area contributed by atoms with Crippen molar-refractivity contribution < 1.29 is 14.6 Å². The van der Waals surface area contributed by atoms with Crippen LogP contribution in [-0.4, -0.2) is 42.2 Å². The van der Waals surface area contributed by atoms with Crippen molar-refractivity contribution in [3.8, 4) is 0 Å². The van der Waals surface area contributed by atoms with Gasteiger partial charge >= 0.3 is 5.97 Å². The third-order valence-electron chi connectivity index (χ3n) is 3.52. The summed E-state index contributed by atoms with van der Waals surface area (Å²) in [5.74, 6) is -0.226. The molecule has 1 aliphatic rings. The second-order valence-corrected chi connectivity index (χ2v) is 5.46. The normalized spacial score (nSPS) is 17.2. The van der Waals surface area contributed by atoms with Gasteiger partial charge in [-0.05, 0) is 31.0 Å². The topological polar surface area (TPSA) is 49.8 Å². The maximum absolute atomic E-state index is 11.6. The van der Waals surface area contributed by atoms with Gasteiger partial charge in [0, 0.05) is 30.2 Å². The highest BCUT2D eigenvalue weighted by Gasteiger charge is 2.20. The molecule has 1 atom stereocenters. The van der Waals surface area contributed by atoms with Gasteiger partial charge in [0.2, 0.25) is 0 Å². The number of nitrogens with zero attached hydrogens (tertiary/aromatic N) is 1. The van der Waals surface area contributed by atoms with Crippen LogP contribution in [0.15, 0.2) is 35.9 Å². The average molecular weight is 310 g/mol. The Labute approximate surface area is 130 Å². The van der Waals surface area contributed by atoms with Crippen LogP contribution in [0, 0.1) is 0 Å². The zero-order chi connectivity index (χ0) is 15.2. The van der Waals surface area contributed by atoms with Crippen molar-refractivity contribution in [1.82, 2.24) is 4.90 Å². The Morgan fingerprint density at radius 3 is 2.71 bits per heavy atom. The van der Waals surface area contributed by atoms with Crippen molar-refractivity contribution in [3.05, 3.63) is 46.5 Å². The number of β-amino-alcohol motifs (C(OH)–C–C–N with tert-alkyl or cyclic N) is 1. The number of rotatable bonds is 5. The van der Waals surface area contributed by atoms with Crippen LogP contribution >= 0.6 is 11.6 Å². The van der Waals surface area contributed by atoms with E-state index in [0.717, 1.165) is 17.7 Å². The number of hydrogen-bond acceptors (Lipinski definition) is 4. The molecule has 0 radical (unpaired) electrons. The number of halogens is 1. The van der Waals surface area contributed by atoms with Crippen LogP contribution in [0.5, 0.6) is 0 Å². The summed E-state index contributed by atoms with van der Waals surface area (Å²) in [6.45, 7) is 4.13. The molecule has 0 aliphatic carbocycles. The van der Waals surface area contributed by atoms with E-state index in [-0.39, 0.29) is 5.97 Å². The number of ether oxygens (including phenoxy) is 1. The van der Waals surface area contributed by atoms with Crippen LogP contribution in [-0.2, 0) is 9.53 Å². The molecule has 0 aromatic heterocycles. The van der Waals surface area contributed by atoms with Crippen molar-refractivity contribution >= 4 is 17.6 Å². The van der Waals surface area contributed by atoms with E-state index >= 15 is 0 Å². The fourth-order valence-electron chi connectivity index (χ4n) is 2.32. The van der Waals surface area contributed by atoms with E-state index in [1.807, 2.05) is 18.2 Å². The van der Waals surface area contributed by atoms with E-state index in [2.05, 4.69) is 4.90 Å². The first-order valence-electron chi connectivity index (χ1n) is 7.12. The van der Waals surface area contributed by atoms with Crippen LogP contribution < -0.4 is 0 Å². The van der Waals surface area contributed by atoms with Gasteiger partial charge in [0.15, 0.2) is 0 Å². The van der Waals surface area contributed by atoms with E-state index in [1.165, 1.54) is 0 Å². The molecule has 4 nitrogen and oxygen atoms in total. The third kappa shape index (κ3) is 4.56. The van der Waals surface area contributed by atoms with Crippen LogP contribution in [0.25, 0.3) is 0 Å². The molecule has 0 bridgehead atoms. The third-order valence-corrected chi connectivity index (χ3v) is 3.77. The van der Waals surface area contributed by atoms with Gasteiger partial charge in [0.25, 0.3) is 0 Å². The minimum atomic E-state index is -0.556. The van der Waals surface area contributed by atoms with Gasteiger partial charge in [0.1, 0.15) is 0 Å². The number of aliphatic hydroxyl groups excluding tert-OH is 1. The summed E-state index contributed by atoms with van der Waals surface area (Å²) < 4.78 is 4.99. The fraction of sp³-hybridized carbons (Fsp3) is 0.438. The van der Waals surface area contributed by atoms with Crippen LogP contribution in [0.3, 0.4) is 0 Å². The highest BCUT2D eigenvalue weighted by Crippen LogP contribution is 2.19. The number of esters is 1. The quantitative estimate of drug-likeness (QED) is 0.849. The molecule has 1 aromatic carbocycles. The minimum Gasteiger partial charge on any atom is -0.463 e. The number of aliphatic hydroxyl groups is 1. The first-order chi connectivity index (χ1) is 10.1. The zero-order valence-electron chi connectivity index (χ0n) is 12.1. The fourth-order valence-corrected chi connectivity index (χ4v) is 2.45.